The molecule has 0 aliphatic rings. The lowest BCUT2D eigenvalue weighted by atomic mass is 10.1. The third-order valence-corrected chi connectivity index (χ3v) is 2.18. The van der Waals surface area contributed by atoms with E-state index >= 15 is 0 Å². The molecule has 0 aromatic carbocycles. The van der Waals surface area contributed by atoms with E-state index in [0.29, 0.717) is 6.54 Å². The molecule has 0 aliphatic carbocycles. The highest BCUT2D eigenvalue weighted by molar-refractivity contribution is 7.80. The molecule has 1 atom stereocenters. The number of nitrogens with zero attached hydrogens (tertiary/aromatic N) is 1. The summed E-state index contributed by atoms with van der Waals surface area (Å²) in [6.45, 7) is 2.08. The van der Waals surface area contributed by atoms with Crippen LogP contribution < -0.4 is 11.1 Å². The molecule has 1 rings (SSSR count). The van der Waals surface area contributed by atoms with Crippen LogP contribution in [0.4, 0.5) is 0 Å². The Bertz CT molecular complexity index is 322. The lowest BCUT2D eigenvalue weighted by Crippen LogP contribution is -2.35. The van der Waals surface area contributed by atoms with E-state index in [0.717, 1.165) is 5.69 Å². The fourth-order valence-electron chi connectivity index (χ4n) is 0.846. The smallest absolute Gasteiger partial charge is 0.229 e. The van der Waals surface area contributed by atoms with Crippen LogP contribution in [0.2, 0.25) is 0 Å². The Morgan fingerprint density at radius 1 is 1.86 bits per heavy atom. The second-order valence-corrected chi connectivity index (χ2v) is 3.39. The van der Waals surface area contributed by atoms with Gasteiger partial charge >= 0.3 is 0 Å². The normalized spacial score (nSPS) is 12.1. The Hall–Kier alpha value is -1.43. The van der Waals surface area contributed by atoms with Crippen LogP contribution in [0.3, 0.4) is 0 Å². The van der Waals surface area contributed by atoms with Crippen LogP contribution in [0.5, 0.6) is 0 Å². The van der Waals surface area contributed by atoms with Crippen LogP contribution in [-0.2, 0) is 11.3 Å². The maximum absolute atomic E-state index is 11.4. The average Bonchev–Trinajstić information content (AvgIpc) is 2.65. The monoisotopic (exact) mass is 212 g/mol. The molecule has 0 saturated carbocycles. The fraction of sp³-hybridized carbons (Fsp3) is 0.375. The van der Waals surface area contributed by atoms with Gasteiger partial charge in [-0.3, -0.25) is 4.79 Å². The maximum Gasteiger partial charge on any atom is 0.229 e. The van der Waals surface area contributed by atoms with Crippen molar-refractivity contribution in [2.75, 3.05) is 0 Å². The van der Waals surface area contributed by atoms with Crippen molar-refractivity contribution in [1.82, 2.24) is 15.3 Å². The van der Waals surface area contributed by atoms with Gasteiger partial charge in [-0.2, -0.15) is 0 Å². The molecule has 14 heavy (non-hydrogen) atoms. The van der Waals surface area contributed by atoms with E-state index in [1.165, 1.54) is 0 Å². The van der Waals surface area contributed by atoms with Crippen LogP contribution in [0, 0.1) is 5.92 Å². The van der Waals surface area contributed by atoms with E-state index in [1.54, 1.807) is 19.4 Å². The predicted molar refractivity (Wildman–Crippen MR) is 56.4 cm³/mol. The Labute approximate surface area is 87.1 Å². The summed E-state index contributed by atoms with van der Waals surface area (Å²) in [7, 11) is 0. The molecular formula is C8H12N4OS. The number of nitrogens with one attached hydrogen (secondary N) is 2. The van der Waals surface area contributed by atoms with Gasteiger partial charge in [-0.1, -0.05) is 12.2 Å². The zero-order chi connectivity index (χ0) is 10.6. The van der Waals surface area contributed by atoms with E-state index < -0.39 is 5.92 Å². The number of carbonyl (C=O) groups excluding carboxylic acids is 1. The number of imidazole rings is 1. The number of rotatable bonds is 4. The Morgan fingerprint density at radius 3 is 3.07 bits per heavy atom. The molecule has 5 nitrogen and oxygen atoms in total. The first-order valence-corrected chi connectivity index (χ1v) is 4.56. The number of H-pyrrole nitrogens is 1. The van der Waals surface area contributed by atoms with Crippen LogP contribution in [-0.4, -0.2) is 20.9 Å². The van der Waals surface area contributed by atoms with Crippen molar-refractivity contribution >= 4 is 23.1 Å². The highest BCUT2D eigenvalue weighted by Gasteiger charge is 2.14. The number of thiocarbonyl (C=S) groups is 1. The topological polar surface area (TPSA) is 83.8 Å². The number of hydrogen-bond donors (Lipinski definition) is 3. The lowest BCUT2D eigenvalue weighted by Gasteiger charge is -2.09. The van der Waals surface area contributed by atoms with Crippen molar-refractivity contribution in [2.45, 2.75) is 13.5 Å². The van der Waals surface area contributed by atoms with Gasteiger partial charge in [0.1, 0.15) is 0 Å². The molecule has 1 aromatic rings. The number of carbonyl (C=O) groups is 1. The summed E-state index contributed by atoms with van der Waals surface area (Å²) in [6, 6.07) is 0. The molecule has 1 aromatic heterocycles. The predicted octanol–water partition coefficient (Wildman–Crippen LogP) is -0.0519. The largest absolute Gasteiger partial charge is 0.393 e. The summed E-state index contributed by atoms with van der Waals surface area (Å²) >= 11 is 4.71. The van der Waals surface area contributed by atoms with Crippen molar-refractivity contribution in [3.63, 3.8) is 0 Å². The van der Waals surface area contributed by atoms with Crippen molar-refractivity contribution in [3.8, 4) is 0 Å². The number of nitrogens with two attached hydrogens (primary N) is 1. The Kier molecular flexibility index (Phi) is 3.58. The third kappa shape index (κ3) is 2.81. The molecule has 0 spiro atoms. The molecule has 1 heterocycles. The minimum Gasteiger partial charge on any atom is -0.393 e. The third-order valence-electron chi connectivity index (χ3n) is 1.83. The zero-order valence-corrected chi connectivity index (χ0v) is 8.60. The van der Waals surface area contributed by atoms with Crippen LogP contribution >= 0.6 is 12.2 Å². The molecule has 6 heteroatoms. The van der Waals surface area contributed by atoms with Crippen molar-refractivity contribution in [3.05, 3.63) is 18.2 Å². The van der Waals surface area contributed by atoms with E-state index in [-0.39, 0.29) is 10.9 Å². The molecule has 0 fully saturated rings. The van der Waals surface area contributed by atoms with Crippen LogP contribution in [0.1, 0.15) is 12.6 Å². The summed E-state index contributed by atoms with van der Waals surface area (Å²) in [4.78, 5) is 18.3. The maximum atomic E-state index is 11.4. The lowest BCUT2D eigenvalue weighted by molar-refractivity contribution is -0.122. The van der Waals surface area contributed by atoms with Gasteiger partial charge in [-0.05, 0) is 6.92 Å². The molecule has 0 radical (unpaired) electrons. The summed E-state index contributed by atoms with van der Waals surface area (Å²) in [5.74, 6) is -0.611. The van der Waals surface area contributed by atoms with E-state index in [1.807, 2.05) is 0 Å². The molecule has 1 unspecified atom stereocenters. The molecule has 4 N–H and O–H groups in total. The summed E-state index contributed by atoms with van der Waals surface area (Å²) in [5, 5.41) is 2.69. The highest BCUT2D eigenvalue weighted by atomic mass is 32.1. The van der Waals surface area contributed by atoms with Crippen LogP contribution in [0.15, 0.2) is 12.5 Å². The van der Waals surface area contributed by atoms with Gasteiger partial charge in [0, 0.05) is 6.20 Å². The molecule has 76 valence electrons. The van der Waals surface area contributed by atoms with Gasteiger partial charge < -0.3 is 16.0 Å². The number of aromatic amines is 1. The summed E-state index contributed by atoms with van der Waals surface area (Å²) in [6.07, 6.45) is 3.20. The minimum absolute atomic E-state index is 0.174. The van der Waals surface area contributed by atoms with Gasteiger partial charge in [0.25, 0.3) is 0 Å². The first-order valence-electron chi connectivity index (χ1n) is 4.15. The molecule has 0 bridgehead atoms. The van der Waals surface area contributed by atoms with E-state index in [2.05, 4.69) is 15.3 Å². The Morgan fingerprint density at radius 2 is 2.57 bits per heavy atom. The van der Waals surface area contributed by atoms with E-state index in [4.69, 9.17) is 18.0 Å². The molecular weight excluding hydrogens is 200 g/mol. The van der Waals surface area contributed by atoms with Gasteiger partial charge in [-0.15, -0.1) is 0 Å². The van der Waals surface area contributed by atoms with Crippen molar-refractivity contribution < 1.29 is 4.79 Å². The first kappa shape index (κ1) is 10.6. The van der Waals surface area contributed by atoms with Crippen LogP contribution in [0.25, 0.3) is 0 Å². The second-order valence-electron chi connectivity index (χ2n) is 2.92. The van der Waals surface area contributed by atoms with Gasteiger partial charge in [0.2, 0.25) is 5.91 Å². The highest BCUT2D eigenvalue weighted by Crippen LogP contribution is 1.96. The van der Waals surface area contributed by atoms with Gasteiger partial charge in [0.15, 0.2) is 0 Å². The summed E-state index contributed by atoms with van der Waals surface area (Å²) in [5.41, 5.74) is 6.18. The quantitative estimate of drug-likeness (QED) is 0.611. The van der Waals surface area contributed by atoms with Gasteiger partial charge in [0.05, 0.1) is 29.5 Å². The number of amides is 1. The van der Waals surface area contributed by atoms with E-state index in [9.17, 15) is 4.79 Å². The average molecular weight is 212 g/mol. The van der Waals surface area contributed by atoms with Crippen molar-refractivity contribution in [2.24, 2.45) is 11.7 Å². The fourth-order valence-corrected chi connectivity index (χ4v) is 0.953. The number of aromatic nitrogens is 2. The molecule has 0 saturated heterocycles. The van der Waals surface area contributed by atoms with Crippen molar-refractivity contribution in [1.29, 1.82) is 0 Å². The Balaban J connectivity index is 2.39. The summed E-state index contributed by atoms with van der Waals surface area (Å²) < 4.78 is 0. The zero-order valence-electron chi connectivity index (χ0n) is 7.78. The van der Waals surface area contributed by atoms with Gasteiger partial charge in [-0.25, -0.2) is 4.98 Å². The number of hydrogen-bond acceptors (Lipinski definition) is 3. The second kappa shape index (κ2) is 4.71. The molecule has 1 amide bonds. The standard InChI is InChI=1S/C8H12N4OS/c1-5(7(9)14)8(13)11-3-6-2-10-4-12-6/h2,4-5H,3H2,1H3,(H2,9,14)(H,10,12)(H,11,13). The molecule has 0 aliphatic heterocycles. The SMILES string of the molecule is CC(C(=O)NCc1cnc[nH]1)C(N)=S. The first-order chi connectivity index (χ1) is 6.61. The minimum atomic E-state index is -0.437.